The topological polar surface area (TPSA) is 72.0 Å². The second-order valence-electron chi connectivity index (χ2n) is 8.51. The van der Waals surface area contributed by atoms with Gasteiger partial charge in [-0.25, -0.2) is 9.97 Å². The molecule has 2 aliphatic rings. The van der Waals surface area contributed by atoms with Crippen molar-refractivity contribution < 1.29 is 0 Å². The molecule has 6 nitrogen and oxygen atoms in total. The van der Waals surface area contributed by atoms with Crippen molar-refractivity contribution in [1.29, 1.82) is 0 Å². The van der Waals surface area contributed by atoms with Crippen LogP contribution in [0.4, 0.5) is 5.82 Å². The van der Waals surface area contributed by atoms with Gasteiger partial charge in [-0.1, -0.05) is 37.1 Å². The smallest absolute Gasteiger partial charge is 0.146 e. The second kappa shape index (κ2) is 8.57. The van der Waals surface area contributed by atoms with Gasteiger partial charge >= 0.3 is 0 Å². The van der Waals surface area contributed by atoms with Gasteiger partial charge in [0.25, 0.3) is 0 Å². The molecular weight excluding hydrogens is 392 g/mol. The van der Waals surface area contributed by atoms with Crippen molar-refractivity contribution in [3.05, 3.63) is 42.4 Å². The molecule has 0 spiro atoms. The van der Waals surface area contributed by atoms with E-state index in [1.165, 1.54) is 50.0 Å². The van der Waals surface area contributed by atoms with Gasteiger partial charge in [-0.2, -0.15) is 0 Å². The van der Waals surface area contributed by atoms with Gasteiger partial charge in [-0.3, -0.25) is 4.72 Å². The van der Waals surface area contributed by atoms with E-state index in [1.54, 1.807) is 18.3 Å². The highest BCUT2D eigenvalue weighted by Gasteiger charge is 2.34. The number of hydrogen-bond donors (Lipinski definition) is 2. The average molecular weight is 423 g/mol. The Morgan fingerprint density at radius 2 is 2.10 bits per heavy atom. The molecule has 0 atom stereocenters. The molecule has 0 radical (unpaired) electrons. The van der Waals surface area contributed by atoms with E-state index in [1.807, 2.05) is 0 Å². The molecule has 3 heterocycles. The first-order valence-electron chi connectivity index (χ1n) is 11.0. The lowest BCUT2D eigenvalue weighted by Gasteiger charge is -2.42. The number of fused-ring (bicyclic) bond motifs is 1. The number of benzene rings is 1. The van der Waals surface area contributed by atoms with Crippen LogP contribution in [-0.4, -0.2) is 44.8 Å². The van der Waals surface area contributed by atoms with E-state index in [0.717, 1.165) is 34.8 Å². The van der Waals surface area contributed by atoms with Crippen molar-refractivity contribution in [2.75, 3.05) is 31.1 Å². The molecule has 7 heteroatoms. The van der Waals surface area contributed by atoms with E-state index in [2.05, 4.69) is 61.5 Å². The van der Waals surface area contributed by atoms with Crippen molar-refractivity contribution in [1.82, 2.24) is 24.2 Å². The summed E-state index contributed by atoms with van der Waals surface area (Å²) in [6.45, 7) is 6.82. The Balaban J connectivity index is 1.43. The van der Waals surface area contributed by atoms with Crippen molar-refractivity contribution in [3.8, 4) is 11.1 Å². The van der Waals surface area contributed by atoms with Crippen LogP contribution in [0.25, 0.3) is 22.2 Å². The van der Waals surface area contributed by atoms with Crippen LogP contribution in [0.5, 0.6) is 0 Å². The molecule has 158 valence electrons. The van der Waals surface area contributed by atoms with Crippen LogP contribution < -0.4 is 10.5 Å². The minimum atomic E-state index is 0.507. The lowest BCUT2D eigenvalue weighted by Crippen LogP contribution is -2.43. The van der Waals surface area contributed by atoms with Gasteiger partial charge in [0, 0.05) is 36.6 Å². The quantitative estimate of drug-likeness (QED) is 0.421. The highest BCUT2D eigenvalue weighted by Crippen LogP contribution is 2.43. The molecule has 3 N–H and O–H groups in total. The van der Waals surface area contributed by atoms with Crippen LogP contribution in [0.3, 0.4) is 0 Å². The molecule has 0 amide bonds. The van der Waals surface area contributed by atoms with Gasteiger partial charge < -0.3 is 15.2 Å². The first-order chi connectivity index (χ1) is 14.7. The average Bonchev–Trinajstić information content (AvgIpc) is 3.07. The van der Waals surface area contributed by atoms with Crippen molar-refractivity contribution >= 4 is 28.8 Å². The van der Waals surface area contributed by atoms with E-state index in [0.29, 0.717) is 11.9 Å². The highest BCUT2D eigenvalue weighted by molar-refractivity contribution is 7.97. The monoisotopic (exact) mass is 422 g/mol. The molecule has 1 saturated heterocycles. The van der Waals surface area contributed by atoms with Crippen molar-refractivity contribution in [3.63, 3.8) is 0 Å². The van der Waals surface area contributed by atoms with Crippen LogP contribution in [0.2, 0.25) is 0 Å². The van der Waals surface area contributed by atoms with Gasteiger partial charge in [-0.15, -0.1) is 0 Å². The Morgan fingerprint density at radius 3 is 2.87 bits per heavy atom. The van der Waals surface area contributed by atoms with E-state index < -0.39 is 0 Å². The number of nitrogens with one attached hydrogen (secondary N) is 1. The second-order valence-corrected chi connectivity index (χ2v) is 9.66. The summed E-state index contributed by atoms with van der Waals surface area (Å²) < 4.78 is 5.76. The van der Waals surface area contributed by atoms with Crippen LogP contribution >= 0.6 is 11.9 Å². The van der Waals surface area contributed by atoms with Crippen LogP contribution in [-0.2, 0) is 6.54 Å². The fourth-order valence-electron chi connectivity index (χ4n) is 4.70. The molecule has 1 aromatic carbocycles. The summed E-state index contributed by atoms with van der Waals surface area (Å²) in [5.41, 5.74) is 10.9. The number of nitrogen functional groups attached to an aromatic ring is 1. The molecule has 30 heavy (non-hydrogen) atoms. The number of nitrogens with zero attached hydrogens (tertiary/aromatic N) is 4. The summed E-state index contributed by atoms with van der Waals surface area (Å²) in [4.78, 5) is 11.5. The molecule has 5 rings (SSSR count). The highest BCUT2D eigenvalue weighted by atomic mass is 32.2. The molecule has 0 bridgehead atoms. The summed E-state index contributed by atoms with van der Waals surface area (Å²) in [5.74, 6) is 2.43. The minimum absolute atomic E-state index is 0.507. The SMILES string of the molecule is CCSNCc1cccc(-c2cn(C3CC(CN4CCC4)C3)c3ncnc(N)c23)c1. The minimum Gasteiger partial charge on any atom is -0.383 e. The summed E-state index contributed by atoms with van der Waals surface area (Å²) in [6.07, 6.45) is 7.66. The first kappa shape index (κ1) is 19.8. The zero-order chi connectivity index (χ0) is 20.5. The van der Waals surface area contributed by atoms with Gasteiger partial charge in [0.15, 0.2) is 0 Å². The normalized spacial score (nSPS) is 21.5. The molecule has 1 aliphatic heterocycles. The standard InChI is InChI=1S/C23H30N6S/c1-2-30-27-12-16-5-3-6-18(9-16)20-14-29(23-21(20)22(24)25-15-26-23)19-10-17(11-19)13-28-7-4-8-28/h3,5-6,9,14-15,17,19,27H,2,4,7-8,10-13H2,1H3,(H2,24,25,26). The Kier molecular flexibility index (Phi) is 5.67. The maximum absolute atomic E-state index is 6.34. The van der Waals surface area contributed by atoms with Crippen LogP contribution in [0, 0.1) is 5.92 Å². The molecule has 1 aliphatic carbocycles. The maximum atomic E-state index is 6.34. The van der Waals surface area contributed by atoms with Crippen molar-refractivity contribution in [2.45, 2.75) is 38.8 Å². The number of nitrogens with two attached hydrogens (primary N) is 1. The number of rotatable bonds is 8. The number of hydrogen-bond acceptors (Lipinski definition) is 6. The molecule has 0 unspecified atom stereocenters. The Hall–Kier alpha value is -2.09. The predicted molar refractivity (Wildman–Crippen MR) is 125 cm³/mol. The number of anilines is 1. The fourth-order valence-corrected chi connectivity index (χ4v) is 5.17. The lowest BCUT2D eigenvalue weighted by atomic mass is 9.79. The van der Waals surface area contributed by atoms with Crippen LogP contribution in [0.15, 0.2) is 36.8 Å². The molecule has 3 aromatic rings. The molecule has 2 fully saturated rings. The third-order valence-electron chi connectivity index (χ3n) is 6.47. The third-order valence-corrected chi connectivity index (χ3v) is 7.11. The molecular formula is C23H30N6S. The van der Waals surface area contributed by atoms with Gasteiger partial charge in [0.05, 0.1) is 5.39 Å². The van der Waals surface area contributed by atoms with Crippen molar-refractivity contribution in [2.24, 2.45) is 5.92 Å². The van der Waals surface area contributed by atoms with Gasteiger partial charge in [0.1, 0.15) is 17.8 Å². The zero-order valence-electron chi connectivity index (χ0n) is 17.6. The van der Waals surface area contributed by atoms with Gasteiger partial charge in [-0.05, 0) is 55.5 Å². The Bertz CT molecular complexity index is 1020. The predicted octanol–water partition coefficient (Wildman–Crippen LogP) is 4.10. The molecule has 2 aromatic heterocycles. The summed E-state index contributed by atoms with van der Waals surface area (Å²) >= 11 is 1.74. The van der Waals surface area contributed by atoms with E-state index in [9.17, 15) is 0 Å². The van der Waals surface area contributed by atoms with Crippen LogP contribution in [0.1, 0.15) is 37.8 Å². The summed E-state index contributed by atoms with van der Waals surface area (Å²) in [5, 5.41) is 0.983. The van der Waals surface area contributed by atoms with Gasteiger partial charge in [0.2, 0.25) is 0 Å². The number of likely N-dealkylation sites (tertiary alicyclic amines) is 1. The summed E-state index contributed by atoms with van der Waals surface area (Å²) in [7, 11) is 0. The van der Waals surface area contributed by atoms with E-state index in [4.69, 9.17) is 5.73 Å². The largest absolute Gasteiger partial charge is 0.383 e. The van der Waals surface area contributed by atoms with E-state index in [-0.39, 0.29) is 0 Å². The Morgan fingerprint density at radius 1 is 1.23 bits per heavy atom. The van der Waals surface area contributed by atoms with E-state index >= 15 is 0 Å². The number of aromatic nitrogens is 3. The maximum Gasteiger partial charge on any atom is 0.146 e. The zero-order valence-corrected chi connectivity index (χ0v) is 18.4. The Labute approximate surface area is 182 Å². The fraction of sp³-hybridized carbons (Fsp3) is 0.478. The summed E-state index contributed by atoms with van der Waals surface area (Å²) in [6, 6.07) is 9.21. The lowest BCUT2D eigenvalue weighted by molar-refractivity contribution is 0.0921. The first-order valence-corrected chi connectivity index (χ1v) is 12.0. The third kappa shape index (κ3) is 3.82. The molecule has 1 saturated carbocycles.